The first-order valence-electron chi connectivity index (χ1n) is 11.9. The minimum atomic E-state index is -1.11. The Labute approximate surface area is 183 Å². The molecule has 3 aliphatic carbocycles. The normalized spacial score (nSPS) is 37.7. The predicted molar refractivity (Wildman–Crippen MR) is 124 cm³/mol. The van der Waals surface area contributed by atoms with Crippen molar-refractivity contribution >= 4 is 0 Å². The van der Waals surface area contributed by atoms with Crippen LogP contribution >= 0.6 is 0 Å². The van der Waals surface area contributed by atoms with E-state index in [-0.39, 0.29) is 11.5 Å². The number of allylic oxidation sites excluding steroid dienone is 5. The largest absolute Gasteiger partial charge is 0.393 e. The van der Waals surface area contributed by atoms with Crippen LogP contribution in [0.5, 0.6) is 0 Å². The van der Waals surface area contributed by atoms with Gasteiger partial charge in [-0.1, -0.05) is 55.9 Å². The minimum Gasteiger partial charge on any atom is -0.393 e. The number of fused-ring (bicyclic) bond motifs is 1. The summed E-state index contributed by atoms with van der Waals surface area (Å²) >= 11 is 0. The summed E-state index contributed by atoms with van der Waals surface area (Å²) in [4.78, 5) is 0. The molecule has 0 saturated heterocycles. The first kappa shape index (κ1) is 23.5. The Bertz CT molecular complexity index is 723. The third-order valence-electron chi connectivity index (χ3n) is 8.18. The van der Waals surface area contributed by atoms with E-state index in [2.05, 4.69) is 38.7 Å². The van der Waals surface area contributed by atoms with Gasteiger partial charge in [0.1, 0.15) is 6.10 Å². The van der Waals surface area contributed by atoms with E-state index < -0.39 is 11.7 Å². The van der Waals surface area contributed by atoms with Crippen molar-refractivity contribution in [2.24, 2.45) is 23.2 Å². The summed E-state index contributed by atoms with van der Waals surface area (Å²) in [7, 11) is 0. The number of rotatable bonds is 5. The van der Waals surface area contributed by atoms with Crippen molar-refractivity contribution in [3.05, 3.63) is 47.6 Å². The molecule has 0 bridgehead atoms. The molecule has 6 atom stereocenters. The predicted octanol–water partition coefficient (Wildman–Crippen LogP) is 5.48. The molecule has 0 aromatic heterocycles. The fraction of sp³-hybridized carbons (Fsp3) is 0.704. The summed E-state index contributed by atoms with van der Waals surface area (Å²) in [6, 6.07) is 0. The molecule has 3 rings (SSSR count). The van der Waals surface area contributed by atoms with Crippen LogP contribution in [0.2, 0.25) is 0 Å². The molecule has 3 nitrogen and oxygen atoms in total. The second-order valence-corrected chi connectivity index (χ2v) is 10.9. The Hall–Kier alpha value is -1.16. The molecule has 3 heteroatoms. The highest BCUT2D eigenvalue weighted by atomic mass is 16.3. The van der Waals surface area contributed by atoms with Gasteiger partial charge in [0.25, 0.3) is 0 Å². The zero-order chi connectivity index (χ0) is 22.1. The zero-order valence-corrected chi connectivity index (χ0v) is 19.4. The molecule has 3 saturated carbocycles. The molecule has 168 valence electrons. The fourth-order valence-electron chi connectivity index (χ4n) is 6.19. The maximum absolute atomic E-state index is 10.2. The van der Waals surface area contributed by atoms with Crippen LogP contribution in [0.15, 0.2) is 47.6 Å². The summed E-state index contributed by atoms with van der Waals surface area (Å²) in [5.41, 5.74) is 3.15. The SMILES string of the molecule is C=C1CC[C@H](O)C/C1=C\C=C1/CCC[C@]2(C)[C@@H]([C@H](C)/C=C/[C@@H](O)C(C)(C)O)CC[C@@H]12. The molecule has 30 heavy (non-hydrogen) atoms. The number of aliphatic hydroxyl groups is 3. The van der Waals surface area contributed by atoms with Gasteiger partial charge in [0.15, 0.2) is 0 Å². The van der Waals surface area contributed by atoms with Crippen LogP contribution in [0.25, 0.3) is 0 Å². The lowest BCUT2D eigenvalue weighted by Gasteiger charge is -2.44. The lowest BCUT2D eigenvalue weighted by atomic mass is 9.61. The molecule has 0 heterocycles. The molecular formula is C27H42O3. The van der Waals surface area contributed by atoms with Gasteiger partial charge in [-0.25, -0.2) is 0 Å². The van der Waals surface area contributed by atoms with Crippen molar-refractivity contribution < 1.29 is 15.3 Å². The average Bonchev–Trinajstić information content (AvgIpc) is 3.03. The second kappa shape index (κ2) is 9.14. The van der Waals surface area contributed by atoms with Gasteiger partial charge >= 0.3 is 0 Å². The maximum atomic E-state index is 10.2. The van der Waals surface area contributed by atoms with Gasteiger partial charge in [0.05, 0.1) is 11.7 Å². The van der Waals surface area contributed by atoms with Gasteiger partial charge in [-0.15, -0.1) is 0 Å². The van der Waals surface area contributed by atoms with Crippen LogP contribution in [-0.2, 0) is 0 Å². The van der Waals surface area contributed by atoms with Crippen LogP contribution < -0.4 is 0 Å². The minimum absolute atomic E-state index is 0.223. The van der Waals surface area contributed by atoms with Gasteiger partial charge in [0, 0.05) is 0 Å². The second-order valence-electron chi connectivity index (χ2n) is 10.9. The molecule has 0 aromatic carbocycles. The Balaban J connectivity index is 1.75. The van der Waals surface area contributed by atoms with Crippen molar-refractivity contribution in [1.29, 1.82) is 0 Å². The molecule has 0 aromatic rings. The van der Waals surface area contributed by atoms with Crippen LogP contribution in [0.1, 0.15) is 79.1 Å². The summed E-state index contributed by atoms with van der Waals surface area (Å²) in [6.45, 7) is 12.2. The van der Waals surface area contributed by atoms with E-state index in [9.17, 15) is 15.3 Å². The molecule has 3 fully saturated rings. The number of aliphatic hydroxyl groups excluding tert-OH is 2. The molecule has 0 spiro atoms. The Morgan fingerprint density at radius 1 is 1.13 bits per heavy atom. The Morgan fingerprint density at radius 3 is 2.57 bits per heavy atom. The zero-order valence-electron chi connectivity index (χ0n) is 19.4. The highest BCUT2D eigenvalue weighted by Gasteiger charge is 2.50. The van der Waals surface area contributed by atoms with E-state index in [4.69, 9.17) is 0 Å². The van der Waals surface area contributed by atoms with Crippen LogP contribution in [0.3, 0.4) is 0 Å². The van der Waals surface area contributed by atoms with Gasteiger partial charge in [0.2, 0.25) is 0 Å². The van der Waals surface area contributed by atoms with Crippen LogP contribution in [0.4, 0.5) is 0 Å². The van der Waals surface area contributed by atoms with E-state index in [1.807, 2.05) is 0 Å². The fourth-order valence-corrected chi connectivity index (χ4v) is 6.19. The highest BCUT2D eigenvalue weighted by molar-refractivity contribution is 5.36. The number of hydrogen-bond acceptors (Lipinski definition) is 3. The van der Waals surface area contributed by atoms with Crippen molar-refractivity contribution in [2.75, 3.05) is 0 Å². The van der Waals surface area contributed by atoms with E-state index in [1.54, 1.807) is 25.5 Å². The molecular weight excluding hydrogens is 372 g/mol. The number of hydrogen-bond donors (Lipinski definition) is 3. The van der Waals surface area contributed by atoms with E-state index in [1.165, 1.54) is 43.3 Å². The highest BCUT2D eigenvalue weighted by Crippen LogP contribution is 2.59. The Morgan fingerprint density at radius 2 is 1.87 bits per heavy atom. The lowest BCUT2D eigenvalue weighted by Crippen LogP contribution is -2.36. The Kier molecular flexibility index (Phi) is 7.16. The van der Waals surface area contributed by atoms with E-state index in [0.29, 0.717) is 17.8 Å². The van der Waals surface area contributed by atoms with Gasteiger partial charge in [-0.05, 0) is 94.0 Å². The van der Waals surface area contributed by atoms with Gasteiger partial charge in [-0.2, -0.15) is 0 Å². The summed E-state index contributed by atoms with van der Waals surface area (Å²) < 4.78 is 0. The van der Waals surface area contributed by atoms with Crippen LogP contribution in [-0.4, -0.2) is 33.1 Å². The summed E-state index contributed by atoms with van der Waals surface area (Å²) in [6.07, 6.45) is 16.0. The molecule has 0 amide bonds. The van der Waals surface area contributed by atoms with Crippen molar-refractivity contribution in [3.63, 3.8) is 0 Å². The van der Waals surface area contributed by atoms with Gasteiger partial charge in [-0.3, -0.25) is 0 Å². The van der Waals surface area contributed by atoms with Crippen molar-refractivity contribution in [3.8, 4) is 0 Å². The summed E-state index contributed by atoms with van der Waals surface area (Å²) in [5.74, 6) is 1.59. The van der Waals surface area contributed by atoms with Crippen molar-refractivity contribution in [2.45, 2.75) is 96.9 Å². The smallest absolute Gasteiger partial charge is 0.100 e. The van der Waals surface area contributed by atoms with Crippen LogP contribution in [0, 0.1) is 23.2 Å². The standard InChI is InChI=1S/C27H42O3/c1-18-8-12-22(28)17-21(18)11-10-20-7-6-16-27(5)23(13-14-24(20)27)19(2)9-15-25(29)26(3,4)30/h9-11,15,19,22-25,28-30H,1,6-8,12-14,16-17H2,2-5H3/b15-9+,20-10+,21-11+/t19-,22+,23-,24+,25-,27-/m1/s1. The first-order chi connectivity index (χ1) is 14.0. The quantitative estimate of drug-likeness (QED) is 0.522. The van der Waals surface area contributed by atoms with Gasteiger partial charge < -0.3 is 15.3 Å². The monoisotopic (exact) mass is 414 g/mol. The maximum Gasteiger partial charge on any atom is 0.100 e. The molecule has 0 aliphatic heterocycles. The van der Waals surface area contributed by atoms with E-state index in [0.717, 1.165) is 19.3 Å². The van der Waals surface area contributed by atoms with E-state index >= 15 is 0 Å². The summed E-state index contributed by atoms with van der Waals surface area (Å²) in [5, 5.41) is 30.2. The lowest BCUT2D eigenvalue weighted by molar-refractivity contribution is -0.0229. The third kappa shape index (κ3) is 5.00. The molecule has 0 radical (unpaired) electrons. The molecule has 3 aliphatic rings. The third-order valence-corrected chi connectivity index (χ3v) is 8.18. The molecule has 3 N–H and O–H groups in total. The molecule has 0 unspecified atom stereocenters. The van der Waals surface area contributed by atoms with Crippen molar-refractivity contribution in [1.82, 2.24) is 0 Å². The first-order valence-corrected chi connectivity index (χ1v) is 11.9. The topological polar surface area (TPSA) is 60.7 Å². The average molecular weight is 415 g/mol.